The summed E-state index contributed by atoms with van der Waals surface area (Å²) >= 11 is 0. The molecule has 1 nitrogen and oxygen atoms in total. The minimum atomic E-state index is -0.0508. The van der Waals surface area contributed by atoms with Crippen LogP contribution in [0.4, 0.5) is 17.1 Å². The van der Waals surface area contributed by atoms with Gasteiger partial charge in [-0.25, -0.2) is 0 Å². The maximum Gasteiger partial charge on any atom is 0.0540 e. The Labute approximate surface area is 256 Å². The van der Waals surface area contributed by atoms with E-state index >= 15 is 0 Å². The smallest absolute Gasteiger partial charge is 0.0540 e. The van der Waals surface area contributed by atoms with Crippen LogP contribution in [0.2, 0.25) is 0 Å². The summed E-state index contributed by atoms with van der Waals surface area (Å²) in [6, 6.07) is 55.1. The molecule has 1 aliphatic rings. The summed E-state index contributed by atoms with van der Waals surface area (Å²) in [5.74, 6) is 0. The number of anilines is 3. The fourth-order valence-corrected chi connectivity index (χ4v) is 6.77. The highest BCUT2D eigenvalue weighted by Gasteiger charge is 2.45. The van der Waals surface area contributed by atoms with E-state index in [9.17, 15) is 0 Å². The summed E-state index contributed by atoms with van der Waals surface area (Å²) < 4.78 is 0. The van der Waals surface area contributed by atoms with Crippen LogP contribution in [0.25, 0.3) is 33.4 Å². The molecule has 0 spiro atoms. The molecule has 0 aromatic heterocycles. The van der Waals surface area contributed by atoms with Gasteiger partial charge in [-0.15, -0.1) is 0 Å². The van der Waals surface area contributed by atoms with Gasteiger partial charge in [0.25, 0.3) is 0 Å². The van der Waals surface area contributed by atoms with Crippen molar-refractivity contribution >= 4 is 17.1 Å². The van der Waals surface area contributed by atoms with E-state index in [1.807, 2.05) is 0 Å². The summed E-state index contributed by atoms with van der Waals surface area (Å²) in [6.07, 6.45) is 0. The number of nitrogens with zero attached hydrogens (tertiary/aromatic N) is 1. The predicted octanol–water partition coefficient (Wildman–Crippen LogP) is 11.7. The molecule has 0 aliphatic heterocycles. The van der Waals surface area contributed by atoms with Crippen LogP contribution in [0.3, 0.4) is 0 Å². The molecule has 6 aromatic rings. The summed E-state index contributed by atoms with van der Waals surface area (Å²) in [4.78, 5) is 2.39. The van der Waals surface area contributed by atoms with Gasteiger partial charge in [0.05, 0.1) is 5.69 Å². The van der Waals surface area contributed by atoms with Crippen LogP contribution >= 0.6 is 0 Å². The van der Waals surface area contributed by atoms with E-state index in [2.05, 4.69) is 184 Å². The van der Waals surface area contributed by atoms with Crippen molar-refractivity contribution in [3.05, 3.63) is 163 Å². The highest BCUT2D eigenvalue weighted by molar-refractivity contribution is 5.90. The van der Waals surface area contributed by atoms with E-state index in [4.69, 9.17) is 0 Å². The Morgan fingerprint density at radius 1 is 0.372 bits per heavy atom. The summed E-state index contributed by atoms with van der Waals surface area (Å²) in [7, 11) is 0. The molecule has 1 heteroatoms. The average Bonchev–Trinajstić information content (AvgIpc) is 3.05. The number of para-hydroxylation sites is 2. The van der Waals surface area contributed by atoms with Gasteiger partial charge in [-0.1, -0.05) is 143 Å². The molecule has 0 amide bonds. The maximum atomic E-state index is 2.45. The lowest BCUT2D eigenvalue weighted by Crippen LogP contribution is -2.43. The molecule has 0 N–H and O–H groups in total. The molecule has 7 rings (SSSR count). The number of hydrogen-bond donors (Lipinski definition) is 0. The first-order valence-corrected chi connectivity index (χ1v) is 15.2. The molecule has 0 fully saturated rings. The van der Waals surface area contributed by atoms with Crippen molar-refractivity contribution in [1.29, 1.82) is 0 Å². The third-order valence-corrected chi connectivity index (χ3v) is 9.83. The molecule has 0 unspecified atom stereocenters. The summed E-state index contributed by atoms with van der Waals surface area (Å²) in [5.41, 5.74) is 13.8. The molecule has 0 atom stereocenters. The Bertz CT molecular complexity index is 1910. The van der Waals surface area contributed by atoms with Crippen molar-refractivity contribution < 1.29 is 0 Å². The highest BCUT2D eigenvalue weighted by Crippen LogP contribution is 2.54. The van der Waals surface area contributed by atoms with E-state index in [1.165, 1.54) is 44.5 Å². The minimum Gasteiger partial charge on any atom is -0.310 e. The molecule has 0 heterocycles. The highest BCUT2D eigenvalue weighted by atomic mass is 15.1. The van der Waals surface area contributed by atoms with Crippen LogP contribution in [0.1, 0.15) is 38.8 Å². The molecular weight excluding hydrogens is 518 g/mol. The summed E-state index contributed by atoms with van der Waals surface area (Å²) in [6.45, 7) is 9.60. The first-order valence-electron chi connectivity index (χ1n) is 15.2. The SMILES string of the molecule is CC1(C)c2ccccc2-c2ccc(-c3ccccc3N(c3ccccc3)c3cccc(-c4ccccc4)c3)cc2C1(C)C. The Balaban J connectivity index is 1.42. The molecule has 6 aromatic carbocycles. The fraction of sp³-hybridized carbons (Fsp3) is 0.143. The standard InChI is InChI=1S/C42H37N/c1-41(2)38-24-13-11-23-36(38)37-27-26-32(29-39(37)42(41,3)4)35-22-12-14-25-40(35)43(33-19-9-6-10-20-33)34-21-15-18-31(28-34)30-16-7-5-8-17-30/h5-29H,1-4H3. The normalized spacial score (nSPS) is 14.4. The van der Waals surface area contributed by atoms with Crippen LogP contribution in [-0.4, -0.2) is 0 Å². The maximum absolute atomic E-state index is 2.45. The van der Waals surface area contributed by atoms with Gasteiger partial charge < -0.3 is 4.90 Å². The second kappa shape index (κ2) is 10.4. The topological polar surface area (TPSA) is 3.24 Å². The first kappa shape index (κ1) is 27.0. The van der Waals surface area contributed by atoms with E-state index in [0.717, 1.165) is 17.1 Å². The molecule has 0 saturated carbocycles. The third-order valence-electron chi connectivity index (χ3n) is 9.83. The number of benzene rings is 6. The molecule has 0 saturated heterocycles. The number of hydrogen-bond acceptors (Lipinski definition) is 1. The zero-order valence-electron chi connectivity index (χ0n) is 25.4. The lowest BCUT2D eigenvalue weighted by atomic mass is 9.55. The summed E-state index contributed by atoms with van der Waals surface area (Å²) in [5, 5.41) is 0. The molecular formula is C42H37N. The van der Waals surface area contributed by atoms with Crippen molar-refractivity contribution in [3.63, 3.8) is 0 Å². The zero-order chi connectivity index (χ0) is 29.6. The van der Waals surface area contributed by atoms with E-state index in [1.54, 1.807) is 0 Å². The third kappa shape index (κ3) is 4.48. The van der Waals surface area contributed by atoms with E-state index < -0.39 is 0 Å². The van der Waals surface area contributed by atoms with Crippen molar-refractivity contribution in [3.8, 4) is 33.4 Å². The lowest BCUT2D eigenvalue weighted by Gasteiger charge is -2.48. The zero-order valence-corrected chi connectivity index (χ0v) is 25.4. The van der Waals surface area contributed by atoms with Crippen LogP contribution < -0.4 is 4.90 Å². The molecule has 0 radical (unpaired) electrons. The number of fused-ring (bicyclic) bond motifs is 3. The van der Waals surface area contributed by atoms with E-state index in [0.29, 0.717) is 0 Å². The van der Waals surface area contributed by atoms with Gasteiger partial charge in [-0.2, -0.15) is 0 Å². The second-order valence-corrected chi connectivity index (χ2v) is 12.7. The fourth-order valence-electron chi connectivity index (χ4n) is 6.77. The van der Waals surface area contributed by atoms with Gasteiger partial charge in [0.1, 0.15) is 0 Å². The van der Waals surface area contributed by atoms with E-state index in [-0.39, 0.29) is 10.8 Å². The van der Waals surface area contributed by atoms with Crippen LogP contribution in [0.5, 0.6) is 0 Å². The van der Waals surface area contributed by atoms with Crippen LogP contribution in [0.15, 0.2) is 152 Å². The van der Waals surface area contributed by atoms with Gasteiger partial charge in [-0.3, -0.25) is 0 Å². The number of rotatable bonds is 5. The Morgan fingerprint density at radius 3 is 1.70 bits per heavy atom. The van der Waals surface area contributed by atoms with Gasteiger partial charge in [0, 0.05) is 16.9 Å². The van der Waals surface area contributed by atoms with Crippen molar-refractivity contribution in [2.24, 2.45) is 0 Å². The van der Waals surface area contributed by atoms with Gasteiger partial charge in [0.2, 0.25) is 0 Å². The average molecular weight is 556 g/mol. The minimum absolute atomic E-state index is 0.0112. The largest absolute Gasteiger partial charge is 0.310 e. The van der Waals surface area contributed by atoms with Gasteiger partial charge in [0.15, 0.2) is 0 Å². The van der Waals surface area contributed by atoms with Crippen molar-refractivity contribution in [2.75, 3.05) is 4.90 Å². The molecule has 210 valence electrons. The Morgan fingerprint density at radius 2 is 0.930 bits per heavy atom. The molecule has 1 aliphatic carbocycles. The Kier molecular flexibility index (Phi) is 6.55. The van der Waals surface area contributed by atoms with Gasteiger partial charge in [-0.05, 0) is 86.2 Å². The molecule has 43 heavy (non-hydrogen) atoms. The predicted molar refractivity (Wildman–Crippen MR) is 183 cm³/mol. The second-order valence-electron chi connectivity index (χ2n) is 12.7. The van der Waals surface area contributed by atoms with Crippen LogP contribution in [-0.2, 0) is 10.8 Å². The van der Waals surface area contributed by atoms with Crippen molar-refractivity contribution in [2.45, 2.75) is 38.5 Å². The lowest BCUT2D eigenvalue weighted by molar-refractivity contribution is 0.299. The first-order chi connectivity index (χ1) is 20.9. The quantitative estimate of drug-likeness (QED) is 0.204. The monoisotopic (exact) mass is 555 g/mol. The Hall–Kier alpha value is -4.88. The van der Waals surface area contributed by atoms with Crippen molar-refractivity contribution in [1.82, 2.24) is 0 Å². The van der Waals surface area contributed by atoms with Crippen LogP contribution in [0, 0.1) is 0 Å². The van der Waals surface area contributed by atoms with Gasteiger partial charge >= 0.3 is 0 Å². The molecule has 0 bridgehead atoms.